The number of carbonyl (C=O) groups excluding carboxylic acids is 3. The first-order valence-corrected chi connectivity index (χ1v) is 9.76. The van der Waals surface area contributed by atoms with E-state index in [0.717, 1.165) is 6.42 Å². The molecule has 0 bridgehead atoms. The number of morpholine rings is 1. The van der Waals surface area contributed by atoms with E-state index in [4.69, 9.17) is 4.74 Å². The molecule has 0 atom stereocenters. The Bertz CT molecular complexity index is 891. The molecule has 0 radical (unpaired) electrons. The molecule has 0 spiro atoms. The smallest absolute Gasteiger partial charge is 0.256 e. The summed E-state index contributed by atoms with van der Waals surface area (Å²) in [5.74, 6) is -0.574. The number of benzene rings is 2. The van der Waals surface area contributed by atoms with Crippen LogP contribution in [-0.2, 0) is 9.53 Å². The van der Waals surface area contributed by atoms with Crippen LogP contribution < -0.4 is 10.6 Å². The molecule has 29 heavy (non-hydrogen) atoms. The molecule has 0 aromatic heterocycles. The van der Waals surface area contributed by atoms with Gasteiger partial charge in [-0.25, -0.2) is 0 Å². The predicted octanol–water partition coefficient (Wildman–Crippen LogP) is 3.15. The number of rotatable bonds is 6. The molecule has 7 nitrogen and oxygen atoms in total. The summed E-state index contributed by atoms with van der Waals surface area (Å²) in [5, 5.41) is 5.61. The first-order chi connectivity index (χ1) is 14.1. The highest BCUT2D eigenvalue weighted by Gasteiger charge is 2.21. The van der Waals surface area contributed by atoms with E-state index in [1.54, 1.807) is 53.4 Å². The van der Waals surface area contributed by atoms with Crippen molar-refractivity contribution in [2.24, 2.45) is 0 Å². The Morgan fingerprint density at radius 3 is 2.52 bits per heavy atom. The van der Waals surface area contributed by atoms with E-state index in [9.17, 15) is 14.4 Å². The van der Waals surface area contributed by atoms with Crippen LogP contribution in [0.5, 0.6) is 0 Å². The molecule has 1 aliphatic rings. The van der Waals surface area contributed by atoms with Crippen LogP contribution >= 0.6 is 0 Å². The highest BCUT2D eigenvalue weighted by atomic mass is 16.5. The van der Waals surface area contributed by atoms with E-state index >= 15 is 0 Å². The molecule has 1 fully saturated rings. The third kappa shape index (κ3) is 5.42. The van der Waals surface area contributed by atoms with Crippen LogP contribution in [0.25, 0.3) is 0 Å². The number of ether oxygens (including phenoxy) is 1. The number of hydrogen-bond acceptors (Lipinski definition) is 4. The summed E-state index contributed by atoms with van der Waals surface area (Å²) in [7, 11) is 0. The topological polar surface area (TPSA) is 87.7 Å². The average Bonchev–Trinajstić information content (AvgIpc) is 2.74. The summed E-state index contributed by atoms with van der Waals surface area (Å²) in [5.41, 5.74) is 1.85. The molecule has 2 N–H and O–H groups in total. The molecule has 0 unspecified atom stereocenters. The zero-order valence-electron chi connectivity index (χ0n) is 16.4. The van der Waals surface area contributed by atoms with Crippen molar-refractivity contribution in [2.75, 3.05) is 36.9 Å². The molecule has 1 aliphatic heterocycles. The highest BCUT2D eigenvalue weighted by Crippen LogP contribution is 2.20. The van der Waals surface area contributed by atoms with E-state index in [1.165, 1.54) is 0 Å². The van der Waals surface area contributed by atoms with Gasteiger partial charge < -0.3 is 20.3 Å². The van der Waals surface area contributed by atoms with Gasteiger partial charge in [-0.3, -0.25) is 14.4 Å². The number of nitrogens with one attached hydrogen (secondary N) is 2. The van der Waals surface area contributed by atoms with Crippen LogP contribution in [0.15, 0.2) is 48.5 Å². The second-order valence-corrected chi connectivity index (χ2v) is 6.78. The lowest BCUT2D eigenvalue weighted by Gasteiger charge is -2.27. The maximum Gasteiger partial charge on any atom is 0.256 e. The molecule has 7 heteroatoms. The quantitative estimate of drug-likeness (QED) is 0.787. The van der Waals surface area contributed by atoms with E-state index in [0.29, 0.717) is 55.2 Å². The molecule has 0 aliphatic carbocycles. The second kappa shape index (κ2) is 9.84. The molecule has 1 heterocycles. The number of anilines is 2. The van der Waals surface area contributed by atoms with Gasteiger partial charge in [0.05, 0.1) is 24.5 Å². The number of amides is 3. The SMILES string of the molecule is CCCC(=O)Nc1cccc(C(=O)Nc2ccccc2C(=O)N2CCOCC2)c1. The Morgan fingerprint density at radius 2 is 1.76 bits per heavy atom. The Balaban J connectivity index is 1.74. The summed E-state index contributed by atoms with van der Waals surface area (Å²) in [6.07, 6.45) is 1.17. The summed E-state index contributed by atoms with van der Waals surface area (Å²) < 4.78 is 5.30. The van der Waals surface area contributed by atoms with E-state index < -0.39 is 0 Å². The van der Waals surface area contributed by atoms with Crippen molar-refractivity contribution >= 4 is 29.1 Å². The molecule has 0 saturated carbocycles. The molecular weight excluding hydrogens is 370 g/mol. The number of hydrogen-bond donors (Lipinski definition) is 2. The summed E-state index contributed by atoms with van der Waals surface area (Å²) in [4.78, 5) is 39.1. The van der Waals surface area contributed by atoms with Gasteiger partial charge in [-0.05, 0) is 36.8 Å². The fourth-order valence-corrected chi connectivity index (χ4v) is 3.10. The van der Waals surface area contributed by atoms with Crippen LogP contribution in [0.1, 0.15) is 40.5 Å². The lowest BCUT2D eigenvalue weighted by molar-refractivity contribution is -0.116. The second-order valence-electron chi connectivity index (χ2n) is 6.78. The van der Waals surface area contributed by atoms with Gasteiger partial charge in [-0.2, -0.15) is 0 Å². The summed E-state index contributed by atoms with van der Waals surface area (Å²) >= 11 is 0. The van der Waals surface area contributed by atoms with Crippen LogP contribution in [-0.4, -0.2) is 48.9 Å². The van der Waals surface area contributed by atoms with E-state index in [1.807, 2.05) is 6.92 Å². The van der Waals surface area contributed by atoms with Crippen molar-refractivity contribution in [1.82, 2.24) is 4.90 Å². The minimum absolute atomic E-state index is 0.0912. The molecule has 2 aromatic rings. The number of para-hydroxylation sites is 1. The predicted molar refractivity (Wildman–Crippen MR) is 111 cm³/mol. The first kappa shape index (κ1) is 20.5. The fourth-order valence-electron chi connectivity index (χ4n) is 3.10. The molecule has 2 aromatic carbocycles. The standard InChI is InChI=1S/C22H25N3O4/c1-2-6-20(26)23-17-8-5-7-16(15-17)21(27)24-19-10-4-3-9-18(19)22(28)25-11-13-29-14-12-25/h3-5,7-10,15H,2,6,11-14H2,1H3,(H,23,26)(H,24,27). The molecule has 3 rings (SSSR count). The number of nitrogens with zero attached hydrogens (tertiary/aromatic N) is 1. The van der Waals surface area contributed by atoms with E-state index in [2.05, 4.69) is 10.6 Å². The van der Waals surface area contributed by atoms with Gasteiger partial charge in [-0.1, -0.05) is 25.1 Å². The lowest BCUT2D eigenvalue weighted by atomic mass is 10.1. The van der Waals surface area contributed by atoms with Gasteiger partial charge in [-0.15, -0.1) is 0 Å². The summed E-state index contributed by atoms with van der Waals surface area (Å²) in [6, 6.07) is 13.7. The highest BCUT2D eigenvalue weighted by molar-refractivity contribution is 6.09. The zero-order valence-corrected chi connectivity index (χ0v) is 16.4. The van der Waals surface area contributed by atoms with Crippen molar-refractivity contribution in [3.05, 3.63) is 59.7 Å². The molecule has 3 amide bonds. The monoisotopic (exact) mass is 395 g/mol. The summed E-state index contributed by atoms with van der Waals surface area (Å²) in [6.45, 7) is 4.01. The average molecular weight is 395 g/mol. The van der Waals surface area contributed by atoms with Gasteiger partial charge in [0, 0.05) is 30.8 Å². The maximum atomic E-state index is 12.8. The third-order valence-corrected chi connectivity index (χ3v) is 4.59. The minimum atomic E-state index is -0.348. The Morgan fingerprint density at radius 1 is 1.00 bits per heavy atom. The largest absolute Gasteiger partial charge is 0.378 e. The fraction of sp³-hybridized carbons (Fsp3) is 0.318. The minimum Gasteiger partial charge on any atom is -0.378 e. The number of carbonyl (C=O) groups is 3. The molecule has 152 valence electrons. The Labute approximate surface area is 170 Å². The van der Waals surface area contributed by atoms with Gasteiger partial charge in [0.15, 0.2) is 0 Å². The molecule has 1 saturated heterocycles. The van der Waals surface area contributed by atoms with Crippen LogP contribution in [0.2, 0.25) is 0 Å². The first-order valence-electron chi connectivity index (χ1n) is 9.76. The van der Waals surface area contributed by atoms with E-state index in [-0.39, 0.29) is 17.7 Å². The third-order valence-electron chi connectivity index (χ3n) is 4.59. The maximum absolute atomic E-state index is 12.8. The zero-order chi connectivity index (χ0) is 20.6. The van der Waals surface area contributed by atoms with Crippen molar-refractivity contribution in [3.8, 4) is 0 Å². The van der Waals surface area contributed by atoms with Crippen LogP contribution in [0.3, 0.4) is 0 Å². The van der Waals surface area contributed by atoms with Crippen molar-refractivity contribution in [1.29, 1.82) is 0 Å². The van der Waals surface area contributed by atoms with Gasteiger partial charge in [0.1, 0.15) is 0 Å². The molecular formula is C22H25N3O4. The van der Waals surface area contributed by atoms with Crippen LogP contribution in [0.4, 0.5) is 11.4 Å². The van der Waals surface area contributed by atoms with Crippen molar-refractivity contribution in [2.45, 2.75) is 19.8 Å². The lowest BCUT2D eigenvalue weighted by Crippen LogP contribution is -2.41. The van der Waals surface area contributed by atoms with Gasteiger partial charge in [0.2, 0.25) is 5.91 Å². The van der Waals surface area contributed by atoms with Crippen molar-refractivity contribution in [3.63, 3.8) is 0 Å². The Hall–Kier alpha value is -3.19. The normalized spacial score (nSPS) is 13.6. The van der Waals surface area contributed by atoms with Crippen molar-refractivity contribution < 1.29 is 19.1 Å². The van der Waals surface area contributed by atoms with Gasteiger partial charge in [0.25, 0.3) is 11.8 Å². The van der Waals surface area contributed by atoms with Gasteiger partial charge >= 0.3 is 0 Å². The van der Waals surface area contributed by atoms with Crippen LogP contribution in [0, 0.1) is 0 Å². The Kier molecular flexibility index (Phi) is 6.97.